The number of unbranched alkanes of at least 4 members (excludes halogenated alkanes) is 1. The molecule has 1 aromatic heterocycles. The first-order valence-electron chi connectivity index (χ1n) is 5.47. The first-order valence-corrected chi connectivity index (χ1v) is 5.47. The van der Waals surface area contributed by atoms with E-state index in [0.717, 1.165) is 30.5 Å². The van der Waals surface area contributed by atoms with Gasteiger partial charge in [-0.15, -0.1) is 0 Å². The van der Waals surface area contributed by atoms with Gasteiger partial charge in [0, 0.05) is 18.0 Å². The van der Waals surface area contributed by atoms with E-state index >= 15 is 0 Å². The lowest BCUT2D eigenvalue weighted by atomic mass is 10.1. The van der Waals surface area contributed by atoms with Crippen molar-refractivity contribution in [1.82, 2.24) is 4.98 Å². The maximum atomic E-state index is 5.25. The Kier molecular flexibility index (Phi) is 5.44. The van der Waals surface area contributed by atoms with E-state index in [0.29, 0.717) is 6.61 Å². The fourth-order valence-electron chi connectivity index (χ4n) is 1.20. The third-order valence-electron chi connectivity index (χ3n) is 2.11. The van der Waals surface area contributed by atoms with E-state index < -0.39 is 0 Å². The van der Waals surface area contributed by atoms with Gasteiger partial charge in [0.25, 0.3) is 0 Å². The molecular weight excluding hydrogens is 188 g/mol. The minimum Gasteiger partial charge on any atom is -0.396 e. The molecular formula is C12H18N2O. The first-order chi connectivity index (χ1) is 7.38. The molecule has 0 spiro atoms. The van der Waals surface area contributed by atoms with Crippen molar-refractivity contribution in [2.24, 2.45) is 5.16 Å². The van der Waals surface area contributed by atoms with Gasteiger partial charge >= 0.3 is 0 Å². The molecule has 0 saturated carbocycles. The summed E-state index contributed by atoms with van der Waals surface area (Å²) in [6, 6.07) is 3.90. The summed E-state index contributed by atoms with van der Waals surface area (Å²) in [6.07, 6.45) is 6.60. The Morgan fingerprint density at radius 3 is 2.67 bits per heavy atom. The molecule has 3 nitrogen and oxygen atoms in total. The zero-order valence-corrected chi connectivity index (χ0v) is 9.44. The molecule has 0 aliphatic carbocycles. The second-order valence-corrected chi connectivity index (χ2v) is 3.31. The highest BCUT2D eigenvalue weighted by atomic mass is 16.6. The van der Waals surface area contributed by atoms with Crippen LogP contribution >= 0.6 is 0 Å². The van der Waals surface area contributed by atoms with Gasteiger partial charge in [0.05, 0.1) is 5.71 Å². The molecule has 0 radical (unpaired) electrons. The van der Waals surface area contributed by atoms with Crippen LogP contribution in [0.5, 0.6) is 0 Å². The number of oxime groups is 1. The standard InChI is InChI=1S/C12H18N2O/c1-3-5-10-15-14-12(4-2)11-6-8-13-9-7-11/h6-9H,3-5,10H2,1-2H3/b14-12+. The molecule has 0 aliphatic rings. The fourth-order valence-corrected chi connectivity index (χ4v) is 1.20. The van der Waals surface area contributed by atoms with Gasteiger partial charge < -0.3 is 4.84 Å². The van der Waals surface area contributed by atoms with Gasteiger partial charge in [-0.3, -0.25) is 4.98 Å². The molecule has 0 saturated heterocycles. The summed E-state index contributed by atoms with van der Waals surface area (Å²) in [7, 11) is 0. The lowest BCUT2D eigenvalue weighted by molar-refractivity contribution is 0.141. The van der Waals surface area contributed by atoms with Crippen molar-refractivity contribution in [3.05, 3.63) is 30.1 Å². The summed E-state index contributed by atoms with van der Waals surface area (Å²) in [5.41, 5.74) is 2.07. The zero-order valence-electron chi connectivity index (χ0n) is 9.44. The number of hydrogen-bond acceptors (Lipinski definition) is 3. The molecule has 1 aromatic rings. The monoisotopic (exact) mass is 206 g/mol. The minimum atomic E-state index is 0.699. The maximum Gasteiger partial charge on any atom is 0.117 e. The summed E-state index contributed by atoms with van der Waals surface area (Å²) in [5, 5.41) is 4.14. The molecule has 1 heterocycles. The topological polar surface area (TPSA) is 34.5 Å². The zero-order chi connectivity index (χ0) is 10.9. The molecule has 0 fully saturated rings. The molecule has 0 aromatic carbocycles. The van der Waals surface area contributed by atoms with E-state index in [1.54, 1.807) is 12.4 Å². The highest BCUT2D eigenvalue weighted by Gasteiger charge is 2.00. The molecule has 0 unspecified atom stereocenters. The van der Waals surface area contributed by atoms with Crippen molar-refractivity contribution < 1.29 is 4.84 Å². The van der Waals surface area contributed by atoms with Gasteiger partial charge in [0.15, 0.2) is 0 Å². The molecule has 0 amide bonds. The van der Waals surface area contributed by atoms with E-state index in [1.165, 1.54) is 0 Å². The van der Waals surface area contributed by atoms with Crippen molar-refractivity contribution in [2.45, 2.75) is 33.1 Å². The summed E-state index contributed by atoms with van der Waals surface area (Å²) in [5.74, 6) is 0. The van der Waals surface area contributed by atoms with Gasteiger partial charge in [-0.1, -0.05) is 25.4 Å². The molecule has 82 valence electrons. The van der Waals surface area contributed by atoms with Gasteiger partial charge in [-0.05, 0) is 25.0 Å². The highest BCUT2D eigenvalue weighted by Crippen LogP contribution is 2.03. The second-order valence-electron chi connectivity index (χ2n) is 3.31. The number of rotatable bonds is 6. The Morgan fingerprint density at radius 2 is 2.07 bits per heavy atom. The summed E-state index contributed by atoms with van der Waals surface area (Å²) in [4.78, 5) is 9.23. The summed E-state index contributed by atoms with van der Waals surface area (Å²) >= 11 is 0. The van der Waals surface area contributed by atoms with Crippen LogP contribution in [0.3, 0.4) is 0 Å². The molecule has 1 rings (SSSR count). The predicted molar refractivity (Wildman–Crippen MR) is 61.9 cm³/mol. The van der Waals surface area contributed by atoms with Crippen LogP contribution < -0.4 is 0 Å². The Morgan fingerprint density at radius 1 is 1.33 bits per heavy atom. The second kappa shape index (κ2) is 6.98. The molecule has 15 heavy (non-hydrogen) atoms. The number of hydrogen-bond donors (Lipinski definition) is 0. The van der Waals surface area contributed by atoms with Crippen molar-refractivity contribution in [3.63, 3.8) is 0 Å². The van der Waals surface area contributed by atoms with Crippen LogP contribution in [0, 0.1) is 0 Å². The Bertz CT molecular complexity index is 296. The van der Waals surface area contributed by atoms with E-state index in [9.17, 15) is 0 Å². The maximum absolute atomic E-state index is 5.25. The summed E-state index contributed by atoms with van der Waals surface area (Å²) in [6.45, 7) is 4.91. The molecule has 0 N–H and O–H groups in total. The number of aromatic nitrogens is 1. The van der Waals surface area contributed by atoms with E-state index in [2.05, 4.69) is 24.0 Å². The van der Waals surface area contributed by atoms with Crippen LogP contribution in [0.15, 0.2) is 29.7 Å². The lowest BCUT2D eigenvalue weighted by Gasteiger charge is -2.03. The van der Waals surface area contributed by atoms with E-state index in [-0.39, 0.29) is 0 Å². The van der Waals surface area contributed by atoms with Gasteiger partial charge in [0.1, 0.15) is 6.61 Å². The molecule has 0 bridgehead atoms. The SMILES string of the molecule is CCCCO/N=C(\CC)c1ccncc1. The van der Waals surface area contributed by atoms with E-state index in [4.69, 9.17) is 4.84 Å². The average molecular weight is 206 g/mol. The Hall–Kier alpha value is -1.38. The Balaban J connectivity index is 2.55. The van der Waals surface area contributed by atoms with Gasteiger partial charge in [0.2, 0.25) is 0 Å². The third-order valence-corrected chi connectivity index (χ3v) is 2.11. The van der Waals surface area contributed by atoms with Crippen LogP contribution in [0.25, 0.3) is 0 Å². The van der Waals surface area contributed by atoms with E-state index in [1.807, 2.05) is 12.1 Å². The fraction of sp³-hybridized carbons (Fsp3) is 0.500. The van der Waals surface area contributed by atoms with Crippen molar-refractivity contribution in [3.8, 4) is 0 Å². The predicted octanol–water partition coefficient (Wildman–Crippen LogP) is 3.01. The van der Waals surface area contributed by atoms with Crippen molar-refractivity contribution in [1.29, 1.82) is 0 Å². The van der Waals surface area contributed by atoms with Crippen LogP contribution in [0.1, 0.15) is 38.7 Å². The van der Waals surface area contributed by atoms with Crippen LogP contribution in [0.4, 0.5) is 0 Å². The number of nitrogens with zero attached hydrogens (tertiary/aromatic N) is 2. The normalized spacial score (nSPS) is 11.5. The number of pyridine rings is 1. The van der Waals surface area contributed by atoms with Crippen LogP contribution in [0.2, 0.25) is 0 Å². The summed E-state index contributed by atoms with van der Waals surface area (Å²) < 4.78 is 0. The quantitative estimate of drug-likeness (QED) is 0.407. The van der Waals surface area contributed by atoms with Gasteiger partial charge in [-0.25, -0.2) is 0 Å². The Labute approximate surface area is 91.2 Å². The lowest BCUT2D eigenvalue weighted by Crippen LogP contribution is -2.01. The molecule has 0 aliphatic heterocycles. The van der Waals surface area contributed by atoms with Crippen LogP contribution in [-0.2, 0) is 4.84 Å². The smallest absolute Gasteiger partial charge is 0.117 e. The third kappa shape index (κ3) is 4.11. The highest BCUT2D eigenvalue weighted by molar-refractivity contribution is 5.99. The largest absolute Gasteiger partial charge is 0.396 e. The van der Waals surface area contributed by atoms with Gasteiger partial charge in [-0.2, -0.15) is 0 Å². The average Bonchev–Trinajstić information content (AvgIpc) is 2.30. The molecule has 0 atom stereocenters. The van der Waals surface area contributed by atoms with Crippen molar-refractivity contribution >= 4 is 5.71 Å². The minimum absolute atomic E-state index is 0.699. The van der Waals surface area contributed by atoms with Crippen LogP contribution in [-0.4, -0.2) is 17.3 Å². The van der Waals surface area contributed by atoms with Crippen molar-refractivity contribution in [2.75, 3.05) is 6.61 Å². The molecule has 3 heteroatoms. The first kappa shape index (κ1) is 11.7.